The van der Waals surface area contributed by atoms with Crippen LogP contribution in [0.4, 0.5) is 10.5 Å². The molecule has 1 aromatic carbocycles. The first-order valence-electron chi connectivity index (χ1n) is 7.09. The van der Waals surface area contributed by atoms with E-state index in [1.807, 2.05) is 12.1 Å². The number of halogens is 1. The molecule has 0 fully saturated rings. The summed E-state index contributed by atoms with van der Waals surface area (Å²) in [4.78, 5) is 27.3. The molecule has 0 aliphatic carbocycles. The van der Waals surface area contributed by atoms with Gasteiger partial charge in [0.15, 0.2) is 0 Å². The van der Waals surface area contributed by atoms with E-state index in [1.54, 1.807) is 36.7 Å². The molecule has 120 valence electrons. The molecule has 0 aliphatic heterocycles. The van der Waals surface area contributed by atoms with Crippen LogP contribution in [-0.2, 0) is 11.2 Å². The molecule has 0 saturated carbocycles. The first kappa shape index (κ1) is 16.8. The smallest absolute Gasteiger partial charge is 0.315 e. The fourth-order valence-corrected chi connectivity index (χ4v) is 1.95. The van der Waals surface area contributed by atoms with Crippen LogP contribution in [0.25, 0.3) is 0 Å². The summed E-state index contributed by atoms with van der Waals surface area (Å²) in [5, 5.41) is 8.43. The minimum atomic E-state index is -0.389. The maximum atomic E-state index is 11.7. The monoisotopic (exact) mass is 332 g/mol. The number of hydrogen-bond acceptors (Lipinski definition) is 3. The Morgan fingerprint density at radius 2 is 1.87 bits per heavy atom. The van der Waals surface area contributed by atoms with E-state index in [0.717, 1.165) is 5.56 Å². The summed E-state index contributed by atoms with van der Waals surface area (Å²) in [5.41, 5.74) is 1.66. The molecule has 1 aromatic heterocycles. The lowest BCUT2D eigenvalue weighted by atomic mass is 10.2. The summed E-state index contributed by atoms with van der Waals surface area (Å²) in [6, 6.07) is 10.1. The van der Waals surface area contributed by atoms with Crippen LogP contribution in [0.2, 0.25) is 5.02 Å². The number of benzene rings is 1. The third kappa shape index (κ3) is 6.36. The highest BCUT2D eigenvalue weighted by atomic mass is 35.5. The van der Waals surface area contributed by atoms with Crippen LogP contribution < -0.4 is 16.0 Å². The van der Waals surface area contributed by atoms with Crippen LogP contribution in [0.1, 0.15) is 5.56 Å². The number of nitrogens with zero attached hydrogens (tertiary/aromatic N) is 1. The van der Waals surface area contributed by atoms with Crippen molar-refractivity contribution >= 4 is 29.2 Å². The molecule has 0 aliphatic rings. The number of carbonyl (C=O) groups is 2. The van der Waals surface area contributed by atoms with Gasteiger partial charge in [-0.2, -0.15) is 0 Å². The first-order chi connectivity index (χ1) is 11.1. The minimum Gasteiger partial charge on any atom is -0.338 e. The van der Waals surface area contributed by atoms with Crippen LogP contribution >= 0.6 is 11.6 Å². The molecule has 2 aromatic rings. The van der Waals surface area contributed by atoms with Gasteiger partial charge in [-0.1, -0.05) is 17.7 Å². The van der Waals surface area contributed by atoms with E-state index in [2.05, 4.69) is 20.9 Å². The summed E-state index contributed by atoms with van der Waals surface area (Å²) in [6.07, 6.45) is 4.13. The van der Waals surface area contributed by atoms with Gasteiger partial charge in [-0.3, -0.25) is 9.78 Å². The zero-order valence-corrected chi connectivity index (χ0v) is 13.1. The normalized spacial score (nSPS) is 9.96. The van der Waals surface area contributed by atoms with Gasteiger partial charge in [0, 0.05) is 29.6 Å². The third-order valence-electron chi connectivity index (χ3n) is 2.96. The zero-order valence-electron chi connectivity index (χ0n) is 12.4. The molecule has 2 rings (SSSR count). The van der Waals surface area contributed by atoms with Gasteiger partial charge in [-0.05, 0) is 42.3 Å². The van der Waals surface area contributed by atoms with Crippen LogP contribution in [0.15, 0.2) is 48.8 Å². The number of carbonyl (C=O) groups excluding carboxylic acids is 2. The number of hydrogen-bond donors (Lipinski definition) is 3. The van der Waals surface area contributed by atoms with Gasteiger partial charge in [0.25, 0.3) is 0 Å². The molecular formula is C16H17ClN4O2. The number of amides is 3. The summed E-state index contributed by atoms with van der Waals surface area (Å²) in [6.45, 7) is 0.359. The Hall–Kier alpha value is -2.60. The molecule has 7 heteroatoms. The molecule has 1 heterocycles. The van der Waals surface area contributed by atoms with Crippen molar-refractivity contribution < 1.29 is 9.59 Å². The molecule has 0 unspecified atom stereocenters. The predicted molar refractivity (Wildman–Crippen MR) is 89.4 cm³/mol. The fraction of sp³-hybridized carbons (Fsp3) is 0.188. The van der Waals surface area contributed by atoms with Gasteiger partial charge in [0.1, 0.15) is 0 Å². The lowest BCUT2D eigenvalue weighted by molar-refractivity contribution is -0.115. The van der Waals surface area contributed by atoms with Crippen LogP contribution in [0, 0.1) is 0 Å². The molecule has 0 bridgehead atoms. The Morgan fingerprint density at radius 1 is 1.09 bits per heavy atom. The summed E-state index contributed by atoms with van der Waals surface area (Å²) < 4.78 is 0. The molecule has 3 amide bonds. The van der Waals surface area contributed by atoms with Crippen molar-refractivity contribution in [2.24, 2.45) is 0 Å². The van der Waals surface area contributed by atoms with Crippen LogP contribution in [0.5, 0.6) is 0 Å². The van der Waals surface area contributed by atoms with Gasteiger partial charge in [-0.15, -0.1) is 0 Å². The number of nitrogens with one attached hydrogen (secondary N) is 3. The topological polar surface area (TPSA) is 83.1 Å². The second kappa shape index (κ2) is 8.75. The predicted octanol–water partition coefficient (Wildman–Crippen LogP) is 2.22. The number of anilines is 1. The Bertz CT molecular complexity index is 647. The van der Waals surface area contributed by atoms with Gasteiger partial charge in [0.05, 0.1) is 6.54 Å². The maximum Gasteiger partial charge on any atom is 0.315 e. The van der Waals surface area contributed by atoms with Crippen molar-refractivity contribution in [1.82, 2.24) is 15.6 Å². The Balaban J connectivity index is 1.63. The van der Waals surface area contributed by atoms with E-state index in [0.29, 0.717) is 23.7 Å². The van der Waals surface area contributed by atoms with E-state index in [4.69, 9.17) is 11.6 Å². The number of pyridine rings is 1. The number of urea groups is 1. The van der Waals surface area contributed by atoms with Crippen molar-refractivity contribution in [3.63, 3.8) is 0 Å². The van der Waals surface area contributed by atoms with E-state index in [9.17, 15) is 9.59 Å². The van der Waals surface area contributed by atoms with Crippen LogP contribution in [0.3, 0.4) is 0 Å². The summed E-state index contributed by atoms with van der Waals surface area (Å²) in [7, 11) is 0. The summed E-state index contributed by atoms with van der Waals surface area (Å²) >= 11 is 5.76. The van der Waals surface area contributed by atoms with Gasteiger partial charge < -0.3 is 16.0 Å². The molecular weight excluding hydrogens is 316 g/mol. The average molecular weight is 333 g/mol. The first-order valence-corrected chi connectivity index (χ1v) is 7.47. The van der Waals surface area contributed by atoms with Gasteiger partial charge in [-0.25, -0.2) is 4.79 Å². The van der Waals surface area contributed by atoms with E-state index < -0.39 is 0 Å². The molecule has 0 saturated heterocycles. The molecule has 0 atom stereocenters. The molecule has 6 nitrogen and oxygen atoms in total. The van der Waals surface area contributed by atoms with Crippen molar-refractivity contribution in [2.75, 3.05) is 18.4 Å². The van der Waals surface area contributed by atoms with Crippen molar-refractivity contribution in [3.05, 3.63) is 59.4 Å². The van der Waals surface area contributed by atoms with Crippen LogP contribution in [-0.4, -0.2) is 30.0 Å². The summed E-state index contributed by atoms with van der Waals surface area (Å²) in [5.74, 6) is -0.310. The maximum absolute atomic E-state index is 11.7. The third-order valence-corrected chi connectivity index (χ3v) is 3.21. The largest absolute Gasteiger partial charge is 0.338 e. The van der Waals surface area contributed by atoms with Crippen molar-refractivity contribution in [1.29, 1.82) is 0 Å². The number of rotatable bonds is 6. The molecule has 3 N–H and O–H groups in total. The highest BCUT2D eigenvalue weighted by Crippen LogP contribution is 2.12. The Labute approximate surface area is 139 Å². The molecule has 0 radical (unpaired) electrons. The van der Waals surface area contributed by atoms with E-state index in [1.165, 1.54) is 0 Å². The lowest BCUT2D eigenvalue weighted by Crippen LogP contribution is -2.40. The lowest BCUT2D eigenvalue weighted by Gasteiger charge is -2.08. The van der Waals surface area contributed by atoms with E-state index in [-0.39, 0.29) is 18.5 Å². The standard InChI is InChI=1S/C16H17ClN4O2/c17-13-3-5-14(6-4-13)21-15(22)11-20-16(23)19-9-7-12-2-1-8-18-10-12/h1-6,8,10H,7,9,11H2,(H,21,22)(H2,19,20,23). The second-order valence-corrected chi connectivity index (χ2v) is 5.21. The SMILES string of the molecule is O=C(CNC(=O)NCCc1cccnc1)Nc1ccc(Cl)cc1. The Morgan fingerprint density at radius 3 is 2.57 bits per heavy atom. The fourth-order valence-electron chi connectivity index (χ4n) is 1.83. The highest BCUT2D eigenvalue weighted by Gasteiger charge is 2.05. The van der Waals surface area contributed by atoms with Gasteiger partial charge >= 0.3 is 6.03 Å². The number of aromatic nitrogens is 1. The molecule has 0 spiro atoms. The second-order valence-electron chi connectivity index (χ2n) is 4.78. The van der Waals surface area contributed by atoms with Crippen molar-refractivity contribution in [3.8, 4) is 0 Å². The van der Waals surface area contributed by atoms with Crippen molar-refractivity contribution in [2.45, 2.75) is 6.42 Å². The highest BCUT2D eigenvalue weighted by molar-refractivity contribution is 6.30. The minimum absolute atomic E-state index is 0.110. The van der Waals surface area contributed by atoms with E-state index >= 15 is 0 Å². The molecule has 23 heavy (non-hydrogen) atoms. The Kier molecular flexibility index (Phi) is 6.38. The average Bonchev–Trinajstić information content (AvgIpc) is 2.56. The zero-order chi connectivity index (χ0) is 16.5. The quantitative estimate of drug-likeness (QED) is 0.758. The van der Waals surface area contributed by atoms with Gasteiger partial charge in [0.2, 0.25) is 5.91 Å².